The first-order valence-corrected chi connectivity index (χ1v) is 7.05. The van der Waals surface area contributed by atoms with Crippen LogP contribution in [0.25, 0.3) is 11.0 Å². The number of fused-ring (bicyclic) bond motifs is 1. The fourth-order valence-electron chi connectivity index (χ4n) is 2.41. The molecular formula is C16H13F2N5. The number of halogens is 2. The van der Waals surface area contributed by atoms with Gasteiger partial charge in [-0.05, 0) is 24.6 Å². The largest absolute Gasteiger partial charge is 0.365 e. The second kappa shape index (κ2) is 6.01. The van der Waals surface area contributed by atoms with Crippen molar-refractivity contribution in [1.82, 2.24) is 14.5 Å². The van der Waals surface area contributed by atoms with Gasteiger partial charge in [-0.2, -0.15) is 9.65 Å². The van der Waals surface area contributed by atoms with E-state index in [0.29, 0.717) is 34.5 Å². The highest BCUT2D eigenvalue weighted by molar-refractivity contribution is 5.81. The average molecular weight is 313 g/mol. The zero-order valence-electron chi connectivity index (χ0n) is 12.3. The van der Waals surface area contributed by atoms with Crippen molar-refractivity contribution in [3.8, 4) is 6.07 Å². The molecule has 3 aromatic heterocycles. The maximum Gasteiger partial charge on any atom is 0.195 e. The van der Waals surface area contributed by atoms with E-state index in [0.717, 1.165) is 6.20 Å². The minimum Gasteiger partial charge on any atom is -0.365 e. The minimum atomic E-state index is -0.435. The molecule has 0 saturated carbocycles. The van der Waals surface area contributed by atoms with Crippen LogP contribution in [0.5, 0.6) is 0 Å². The molecule has 0 aliphatic heterocycles. The summed E-state index contributed by atoms with van der Waals surface area (Å²) in [5.74, 6) is -0.502. The molecule has 0 spiro atoms. The molecule has 7 heteroatoms. The summed E-state index contributed by atoms with van der Waals surface area (Å²) in [6.07, 6.45) is 2.64. The maximum absolute atomic E-state index is 13.8. The summed E-state index contributed by atoms with van der Waals surface area (Å²) in [5.41, 5.74) is 1.38. The van der Waals surface area contributed by atoms with Crippen molar-refractivity contribution in [2.45, 2.75) is 20.0 Å². The van der Waals surface area contributed by atoms with Gasteiger partial charge < -0.3 is 9.88 Å². The second-order valence-electron chi connectivity index (χ2n) is 4.99. The van der Waals surface area contributed by atoms with Crippen LogP contribution in [-0.4, -0.2) is 14.5 Å². The van der Waals surface area contributed by atoms with Crippen LogP contribution in [0.4, 0.5) is 14.6 Å². The second-order valence-corrected chi connectivity index (χ2v) is 4.99. The number of nitrogens with one attached hydrogen (secondary N) is 1. The van der Waals surface area contributed by atoms with Crippen LogP contribution in [0.1, 0.15) is 18.1 Å². The summed E-state index contributed by atoms with van der Waals surface area (Å²) < 4.78 is 28.4. The Hall–Kier alpha value is -3.01. The molecule has 116 valence electrons. The third kappa shape index (κ3) is 2.83. The zero-order valence-corrected chi connectivity index (χ0v) is 12.3. The molecule has 23 heavy (non-hydrogen) atoms. The van der Waals surface area contributed by atoms with Crippen LogP contribution >= 0.6 is 0 Å². The van der Waals surface area contributed by atoms with Gasteiger partial charge in [0.2, 0.25) is 0 Å². The predicted octanol–water partition coefficient (Wildman–Crippen LogP) is 3.21. The molecule has 0 bridgehead atoms. The van der Waals surface area contributed by atoms with Gasteiger partial charge in [0.05, 0.1) is 11.8 Å². The molecule has 0 aliphatic carbocycles. The Labute approximate surface area is 131 Å². The molecule has 3 heterocycles. The lowest BCUT2D eigenvalue weighted by molar-refractivity contribution is 0.515. The summed E-state index contributed by atoms with van der Waals surface area (Å²) in [5, 5.41) is 12.8. The van der Waals surface area contributed by atoms with Crippen LogP contribution in [0.15, 0.2) is 30.6 Å². The normalized spacial score (nSPS) is 10.7. The molecule has 3 rings (SSSR count). The third-order valence-corrected chi connectivity index (χ3v) is 3.48. The lowest BCUT2D eigenvalue weighted by atomic mass is 10.2. The molecule has 0 aliphatic rings. The van der Waals surface area contributed by atoms with Gasteiger partial charge in [-0.1, -0.05) is 0 Å². The summed E-state index contributed by atoms with van der Waals surface area (Å²) >= 11 is 0. The van der Waals surface area contributed by atoms with Gasteiger partial charge in [0, 0.05) is 30.7 Å². The lowest BCUT2D eigenvalue weighted by Crippen LogP contribution is -2.06. The lowest BCUT2D eigenvalue weighted by Gasteiger charge is -2.09. The van der Waals surface area contributed by atoms with Crippen molar-refractivity contribution in [3.63, 3.8) is 0 Å². The molecular weight excluding hydrogens is 300 g/mol. The van der Waals surface area contributed by atoms with Crippen LogP contribution in [0.2, 0.25) is 0 Å². The highest BCUT2D eigenvalue weighted by Gasteiger charge is 2.13. The molecule has 0 saturated heterocycles. The first-order chi connectivity index (χ1) is 11.1. The highest BCUT2D eigenvalue weighted by Crippen LogP contribution is 2.23. The van der Waals surface area contributed by atoms with Gasteiger partial charge in [0.1, 0.15) is 23.4 Å². The van der Waals surface area contributed by atoms with E-state index in [1.165, 1.54) is 22.9 Å². The third-order valence-electron chi connectivity index (χ3n) is 3.48. The Bertz CT molecular complexity index is 911. The van der Waals surface area contributed by atoms with Gasteiger partial charge >= 0.3 is 0 Å². The Morgan fingerprint density at radius 3 is 2.78 bits per heavy atom. The standard InChI is InChI=1S/C16H13F2N5/c1-2-23-14(18)5-11-4-12(6-19)15(22-16(11)23)21-8-10-3-13(17)9-20-7-10/h3-5,7,9H,2,8H2,1H3,(H,21,22). The van der Waals surface area contributed by atoms with E-state index in [-0.39, 0.29) is 6.54 Å². The topological polar surface area (TPSA) is 66.5 Å². The van der Waals surface area contributed by atoms with Crippen molar-refractivity contribution in [2.24, 2.45) is 0 Å². The van der Waals surface area contributed by atoms with E-state index in [1.54, 1.807) is 6.07 Å². The van der Waals surface area contributed by atoms with Gasteiger partial charge in [-0.3, -0.25) is 4.98 Å². The quantitative estimate of drug-likeness (QED) is 0.803. The van der Waals surface area contributed by atoms with Gasteiger partial charge in [-0.15, -0.1) is 0 Å². The number of hydrogen-bond acceptors (Lipinski definition) is 4. The first-order valence-electron chi connectivity index (χ1n) is 7.05. The number of nitriles is 1. The average Bonchev–Trinajstić information content (AvgIpc) is 2.86. The van der Waals surface area contributed by atoms with Crippen molar-refractivity contribution in [1.29, 1.82) is 5.26 Å². The monoisotopic (exact) mass is 313 g/mol. The first kappa shape index (κ1) is 14.9. The molecule has 1 N–H and O–H groups in total. The van der Waals surface area contributed by atoms with Gasteiger partial charge in [0.15, 0.2) is 5.95 Å². The predicted molar refractivity (Wildman–Crippen MR) is 81.6 cm³/mol. The number of aryl methyl sites for hydroxylation is 1. The van der Waals surface area contributed by atoms with Crippen molar-refractivity contribution >= 4 is 16.9 Å². The SMILES string of the molecule is CCn1c(F)cc2cc(C#N)c(NCc3cncc(F)c3)nc21. The van der Waals surface area contributed by atoms with Crippen molar-refractivity contribution in [2.75, 3.05) is 5.32 Å². The van der Waals surface area contributed by atoms with Crippen LogP contribution < -0.4 is 5.32 Å². The molecule has 0 radical (unpaired) electrons. The Kier molecular flexibility index (Phi) is 3.89. The summed E-state index contributed by atoms with van der Waals surface area (Å²) in [6.45, 7) is 2.50. The van der Waals surface area contributed by atoms with Crippen LogP contribution in [-0.2, 0) is 13.1 Å². The fourth-order valence-corrected chi connectivity index (χ4v) is 2.41. The summed E-state index contributed by atoms with van der Waals surface area (Å²) in [4.78, 5) is 8.12. The number of nitrogens with zero attached hydrogens (tertiary/aromatic N) is 4. The molecule has 0 atom stereocenters. The molecule has 0 amide bonds. The number of aromatic nitrogens is 3. The molecule has 0 unspecified atom stereocenters. The Morgan fingerprint density at radius 1 is 1.26 bits per heavy atom. The van der Waals surface area contributed by atoms with Gasteiger partial charge in [0.25, 0.3) is 0 Å². The smallest absolute Gasteiger partial charge is 0.195 e. The number of anilines is 1. The van der Waals surface area contributed by atoms with Crippen LogP contribution in [0, 0.1) is 23.1 Å². The van der Waals surface area contributed by atoms with E-state index < -0.39 is 11.8 Å². The molecule has 3 aromatic rings. The maximum atomic E-state index is 13.8. The fraction of sp³-hybridized carbons (Fsp3) is 0.188. The molecule has 5 nitrogen and oxygen atoms in total. The molecule has 0 fully saturated rings. The summed E-state index contributed by atoms with van der Waals surface area (Å²) in [7, 11) is 0. The van der Waals surface area contributed by atoms with E-state index >= 15 is 0 Å². The Morgan fingerprint density at radius 2 is 2.09 bits per heavy atom. The Balaban J connectivity index is 1.97. The number of pyridine rings is 2. The van der Waals surface area contributed by atoms with Crippen molar-refractivity contribution in [3.05, 3.63) is 53.5 Å². The van der Waals surface area contributed by atoms with E-state index in [9.17, 15) is 14.0 Å². The number of hydrogen-bond donors (Lipinski definition) is 1. The van der Waals surface area contributed by atoms with Crippen molar-refractivity contribution < 1.29 is 8.78 Å². The van der Waals surface area contributed by atoms with E-state index in [2.05, 4.69) is 15.3 Å². The number of rotatable bonds is 4. The summed E-state index contributed by atoms with van der Waals surface area (Å²) in [6, 6.07) is 6.32. The van der Waals surface area contributed by atoms with Gasteiger partial charge in [-0.25, -0.2) is 9.37 Å². The highest BCUT2D eigenvalue weighted by atomic mass is 19.1. The van der Waals surface area contributed by atoms with E-state index in [1.807, 2.05) is 13.0 Å². The van der Waals surface area contributed by atoms with E-state index in [4.69, 9.17) is 0 Å². The molecule has 0 aromatic carbocycles. The van der Waals surface area contributed by atoms with Crippen LogP contribution in [0.3, 0.4) is 0 Å². The zero-order chi connectivity index (χ0) is 16.4. The minimum absolute atomic E-state index is 0.257.